The summed E-state index contributed by atoms with van der Waals surface area (Å²) >= 11 is 0. The van der Waals surface area contributed by atoms with Crippen LogP contribution in [0.4, 0.5) is 5.69 Å². The van der Waals surface area contributed by atoms with Crippen LogP contribution in [0.15, 0.2) is 48.8 Å². The molecular weight excluding hydrogens is 250 g/mol. The molecule has 3 rings (SSSR count). The number of ether oxygens (including phenoxy) is 1. The van der Waals surface area contributed by atoms with Crippen LogP contribution in [0.3, 0.4) is 0 Å². The lowest BCUT2D eigenvalue weighted by molar-refractivity contribution is 0.148. The van der Waals surface area contributed by atoms with E-state index in [-0.39, 0.29) is 6.10 Å². The minimum absolute atomic E-state index is 0.178. The number of nitrogens with one attached hydrogen (secondary N) is 1. The van der Waals surface area contributed by atoms with Gasteiger partial charge in [-0.1, -0.05) is 12.1 Å². The molecule has 0 amide bonds. The summed E-state index contributed by atoms with van der Waals surface area (Å²) in [6.45, 7) is 2.64. The normalized spacial score (nSPS) is 17.2. The summed E-state index contributed by atoms with van der Waals surface area (Å²) < 4.78 is 6.02. The molecule has 1 aliphatic heterocycles. The number of benzene rings is 1. The van der Waals surface area contributed by atoms with Gasteiger partial charge in [0.15, 0.2) is 0 Å². The first kappa shape index (κ1) is 12.9. The van der Waals surface area contributed by atoms with Crippen molar-refractivity contribution in [2.45, 2.75) is 12.6 Å². The summed E-state index contributed by atoms with van der Waals surface area (Å²) in [5, 5.41) is 3.42. The minimum atomic E-state index is 0.178. The van der Waals surface area contributed by atoms with Crippen LogP contribution in [0.5, 0.6) is 5.75 Å². The zero-order valence-electron chi connectivity index (χ0n) is 11.6. The summed E-state index contributed by atoms with van der Waals surface area (Å²) in [5.74, 6) is 0.945. The number of rotatable bonds is 4. The highest BCUT2D eigenvalue weighted by atomic mass is 16.5. The number of hydrogen-bond acceptors (Lipinski definition) is 4. The molecule has 1 aliphatic rings. The van der Waals surface area contributed by atoms with Crippen LogP contribution in [-0.2, 0) is 6.54 Å². The summed E-state index contributed by atoms with van der Waals surface area (Å²) in [4.78, 5) is 6.31. The summed E-state index contributed by atoms with van der Waals surface area (Å²) in [6.07, 6.45) is 3.84. The Bertz CT molecular complexity index is 559. The third-order valence-corrected chi connectivity index (χ3v) is 3.42. The third kappa shape index (κ3) is 3.08. The predicted molar refractivity (Wildman–Crippen MR) is 79.9 cm³/mol. The first-order chi connectivity index (χ1) is 9.81. The number of pyridine rings is 1. The van der Waals surface area contributed by atoms with E-state index in [2.05, 4.69) is 22.2 Å². The fraction of sp³-hybridized carbons (Fsp3) is 0.312. The van der Waals surface area contributed by atoms with Crippen molar-refractivity contribution in [1.82, 2.24) is 9.88 Å². The van der Waals surface area contributed by atoms with Gasteiger partial charge in [-0.05, 0) is 36.9 Å². The molecule has 1 aromatic heterocycles. The van der Waals surface area contributed by atoms with E-state index in [1.807, 2.05) is 48.8 Å². The maximum atomic E-state index is 6.02. The highest BCUT2D eigenvalue weighted by Crippen LogP contribution is 2.28. The maximum absolute atomic E-state index is 6.02. The Morgan fingerprint density at radius 1 is 1.25 bits per heavy atom. The Morgan fingerprint density at radius 3 is 2.90 bits per heavy atom. The van der Waals surface area contributed by atoms with E-state index in [1.165, 1.54) is 5.56 Å². The second kappa shape index (κ2) is 5.92. The van der Waals surface area contributed by atoms with E-state index in [4.69, 9.17) is 4.74 Å². The molecule has 0 bridgehead atoms. The molecule has 0 saturated carbocycles. The van der Waals surface area contributed by atoms with Gasteiger partial charge in [0.25, 0.3) is 0 Å². The fourth-order valence-electron chi connectivity index (χ4n) is 2.47. The van der Waals surface area contributed by atoms with Crippen molar-refractivity contribution >= 4 is 5.69 Å². The molecule has 0 spiro atoms. The molecule has 4 heteroatoms. The zero-order chi connectivity index (χ0) is 13.8. The summed E-state index contributed by atoms with van der Waals surface area (Å²) in [5.41, 5.74) is 2.35. The predicted octanol–water partition coefficient (Wildman–Crippen LogP) is 2.39. The molecule has 2 heterocycles. The lowest BCUT2D eigenvalue weighted by Crippen LogP contribution is -2.40. The van der Waals surface area contributed by atoms with Gasteiger partial charge in [0.2, 0.25) is 0 Å². The maximum Gasteiger partial charge on any atom is 0.142 e. The van der Waals surface area contributed by atoms with Gasteiger partial charge in [0, 0.05) is 25.5 Å². The topological polar surface area (TPSA) is 37.4 Å². The van der Waals surface area contributed by atoms with Crippen LogP contribution >= 0.6 is 0 Å². The van der Waals surface area contributed by atoms with E-state index >= 15 is 0 Å². The van der Waals surface area contributed by atoms with Crippen LogP contribution in [-0.4, -0.2) is 36.1 Å². The van der Waals surface area contributed by atoms with Crippen LogP contribution in [0.2, 0.25) is 0 Å². The fourth-order valence-corrected chi connectivity index (χ4v) is 2.47. The van der Waals surface area contributed by atoms with Gasteiger partial charge >= 0.3 is 0 Å². The Kier molecular flexibility index (Phi) is 3.83. The van der Waals surface area contributed by atoms with Crippen molar-refractivity contribution < 1.29 is 4.74 Å². The Balaban J connectivity index is 1.57. The number of hydrogen-bond donors (Lipinski definition) is 1. The minimum Gasteiger partial charge on any atom is -0.485 e. The molecule has 0 radical (unpaired) electrons. The van der Waals surface area contributed by atoms with Gasteiger partial charge < -0.3 is 10.1 Å². The van der Waals surface area contributed by atoms with Crippen LogP contribution < -0.4 is 10.1 Å². The molecule has 104 valence electrons. The monoisotopic (exact) mass is 269 g/mol. The van der Waals surface area contributed by atoms with Gasteiger partial charge in [-0.15, -0.1) is 0 Å². The number of likely N-dealkylation sites (N-methyl/N-ethyl adjacent to an activating group) is 1. The lowest BCUT2D eigenvalue weighted by Gasteiger charge is -2.30. The Morgan fingerprint density at radius 2 is 2.05 bits per heavy atom. The number of anilines is 1. The van der Waals surface area contributed by atoms with Crippen molar-refractivity contribution in [2.24, 2.45) is 0 Å². The second-order valence-electron chi connectivity index (χ2n) is 5.17. The molecule has 1 unspecified atom stereocenters. The number of para-hydroxylation sites is 2. The van der Waals surface area contributed by atoms with E-state index in [1.54, 1.807) is 0 Å². The van der Waals surface area contributed by atoms with Crippen molar-refractivity contribution in [3.8, 4) is 5.75 Å². The van der Waals surface area contributed by atoms with E-state index in [9.17, 15) is 0 Å². The molecule has 0 saturated heterocycles. The molecule has 20 heavy (non-hydrogen) atoms. The molecule has 1 N–H and O–H groups in total. The SMILES string of the molecule is CN(Cc1ccncc1)CC1CNc2ccccc2O1. The quantitative estimate of drug-likeness (QED) is 0.924. The van der Waals surface area contributed by atoms with E-state index in [0.29, 0.717) is 0 Å². The lowest BCUT2D eigenvalue weighted by atomic mass is 10.2. The van der Waals surface area contributed by atoms with E-state index < -0.39 is 0 Å². The van der Waals surface area contributed by atoms with Crippen LogP contribution in [0.25, 0.3) is 0 Å². The molecular formula is C16H19N3O. The van der Waals surface area contributed by atoms with Gasteiger partial charge in [0.1, 0.15) is 11.9 Å². The smallest absolute Gasteiger partial charge is 0.142 e. The molecule has 4 nitrogen and oxygen atoms in total. The van der Waals surface area contributed by atoms with Crippen molar-refractivity contribution in [3.63, 3.8) is 0 Å². The van der Waals surface area contributed by atoms with Crippen LogP contribution in [0.1, 0.15) is 5.56 Å². The molecule has 0 fully saturated rings. The average molecular weight is 269 g/mol. The highest BCUT2D eigenvalue weighted by Gasteiger charge is 2.20. The standard InChI is InChI=1S/C16H19N3O/c1-19(11-13-6-8-17-9-7-13)12-14-10-18-15-4-2-3-5-16(15)20-14/h2-9,14,18H,10-12H2,1H3. The van der Waals surface area contributed by atoms with Gasteiger partial charge in [-0.2, -0.15) is 0 Å². The zero-order valence-corrected chi connectivity index (χ0v) is 11.6. The molecule has 0 aliphatic carbocycles. The number of aromatic nitrogens is 1. The second-order valence-corrected chi connectivity index (χ2v) is 5.17. The Labute approximate surface area is 119 Å². The molecule has 1 atom stereocenters. The number of fused-ring (bicyclic) bond motifs is 1. The highest BCUT2D eigenvalue weighted by molar-refractivity contribution is 5.57. The largest absolute Gasteiger partial charge is 0.485 e. The van der Waals surface area contributed by atoms with Gasteiger partial charge in [-0.3, -0.25) is 9.88 Å². The van der Waals surface area contributed by atoms with Crippen molar-refractivity contribution in [2.75, 3.05) is 25.5 Å². The van der Waals surface area contributed by atoms with Gasteiger partial charge in [0.05, 0.1) is 12.2 Å². The Hall–Kier alpha value is -2.07. The van der Waals surface area contributed by atoms with Gasteiger partial charge in [-0.25, -0.2) is 0 Å². The van der Waals surface area contributed by atoms with E-state index in [0.717, 1.165) is 31.1 Å². The summed E-state index contributed by atoms with van der Waals surface area (Å²) in [7, 11) is 2.12. The first-order valence-electron chi connectivity index (χ1n) is 6.88. The molecule has 2 aromatic rings. The number of nitrogens with zero attached hydrogens (tertiary/aromatic N) is 2. The first-order valence-corrected chi connectivity index (χ1v) is 6.88. The summed E-state index contributed by atoms with van der Waals surface area (Å²) in [6, 6.07) is 12.2. The van der Waals surface area contributed by atoms with Crippen LogP contribution in [0, 0.1) is 0 Å². The third-order valence-electron chi connectivity index (χ3n) is 3.42. The average Bonchev–Trinajstić information content (AvgIpc) is 2.48. The van der Waals surface area contributed by atoms with Crippen molar-refractivity contribution in [1.29, 1.82) is 0 Å². The molecule has 1 aromatic carbocycles. The van der Waals surface area contributed by atoms with Crippen molar-refractivity contribution in [3.05, 3.63) is 54.4 Å².